The second-order valence-electron chi connectivity index (χ2n) is 6.70. The van der Waals surface area contributed by atoms with E-state index in [1.54, 1.807) is 0 Å². The van der Waals surface area contributed by atoms with Crippen molar-refractivity contribution in [3.63, 3.8) is 0 Å². The molecule has 0 aromatic heterocycles. The highest BCUT2D eigenvalue weighted by molar-refractivity contribution is 7.89. The molecule has 2 aliphatic rings. The molecule has 2 fully saturated rings. The summed E-state index contributed by atoms with van der Waals surface area (Å²) < 4.78 is 21.9. The molecule has 5 nitrogen and oxygen atoms in total. The monoisotopic (exact) mass is 303 g/mol. The number of nitrogens with zero attached hydrogens (tertiary/aromatic N) is 1. The van der Waals surface area contributed by atoms with Crippen LogP contribution in [0, 0.1) is 11.8 Å². The highest BCUT2D eigenvalue weighted by Crippen LogP contribution is 2.35. The Labute approximate surface area is 123 Å². The molecule has 1 saturated heterocycles. The minimum atomic E-state index is -3.31. The molecule has 2 bridgehead atoms. The van der Waals surface area contributed by atoms with Gasteiger partial charge in [-0.3, -0.25) is 0 Å². The molecule has 2 unspecified atom stereocenters. The van der Waals surface area contributed by atoms with Crippen LogP contribution in [0.3, 0.4) is 0 Å². The number of rotatable bonds is 6. The lowest BCUT2D eigenvalue weighted by Crippen LogP contribution is -2.58. The summed E-state index contributed by atoms with van der Waals surface area (Å²) >= 11 is 0. The molecule has 1 saturated carbocycles. The summed E-state index contributed by atoms with van der Waals surface area (Å²) in [5.41, 5.74) is 0. The smallest absolute Gasteiger partial charge is 0.209 e. The van der Waals surface area contributed by atoms with E-state index in [9.17, 15) is 8.42 Å². The van der Waals surface area contributed by atoms with Crippen LogP contribution in [-0.2, 0) is 10.0 Å². The van der Waals surface area contributed by atoms with Gasteiger partial charge in [0, 0.05) is 25.2 Å². The van der Waals surface area contributed by atoms with Gasteiger partial charge in [0.25, 0.3) is 0 Å². The number of nitrogens with two attached hydrogens (primary N) is 1. The quantitative estimate of drug-likeness (QED) is 0.711. The van der Waals surface area contributed by atoms with E-state index >= 15 is 0 Å². The van der Waals surface area contributed by atoms with Crippen LogP contribution in [0.4, 0.5) is 0 Å². The lowest BCUT2D eigenvalue weighted by atomic mass is 9.73. The van der Waals surface area contributed by atoms with Gasteiger partial charge in [-0.25, -0.2) is 13.6 Å². The van der Waals surface area contributed by atoms with Gasteiger partial charge in [-0.15, -0.1) is 0 Å². The Balaban J connectivity index is 1.83. The minimum Gasteiger partial charge on any atom is -0.313 e. The van der Waals surface area contributed by atoms with E-state index in [4.69, 9.17) is 5.14 Å². The topological polar surface area (TPSA) is 75.4 Å². The lowest BCUT2D eigenvalue weighted by Gasteiger charge is -2.49. The summed E-state index contributed by atoms with van der Waals surface area (Å²) in [6.45, 7) is 7.67. The van der Waals surface area contributed by atoms with Crippen molar-refractivity contribution < 1.29 is 8.42 Å². The summed E-state index contributed by atoms with van der Waals surface area (Å²) in [4.78, 5) is 2.59. The zero-order valence-electron chi connectivity index (χ0n) is 12.7. The standard InChI is InChI=1S/C14H29N3O2S/c1-11(2)17-9-12-5-3-6-13(10-17)14(12)16-7-4-8-20(15,18)19/h11-14,16H,3-10H2,1-2H3,(H2,15,18,19). The Morgan fingerprint density at radius 3 is 2.35 bits per heavy atom. The van der Waals surface area contributed by atoms with Gasteiger partial charge in [-0.1, -0.05) is 6.42 Å². The second-order valence-corrected chi connectivity index (χ2v) is 8.43. The number of piperidine rings is 1. The first-order valence-electron chi connectivity index (χ1n) is 7.84. The van der Waals surface area contributed by atoms with Crippen LogP contribution in [0.1, 0.15) is 39.5 Å². The van der Waals surface area contributed by atoms with Gasteiger partial charge < -0.3 is 10.2 Å². The van der Waals surface area contributed by atoms with E-state index in [1.165, 1.54) is 32.4 Å². The van der Waals surface area contributed by atoms with Crippen LogP contribution in [0.15, 0.2) is 0 Å². The first kappa shape index (κ1) is 16.2. The van der Waals surface area contributed by atoms with Crippen molar-refractivity contribution in [1.82, 2.24) is 10.2 Å². The number of nitrogens with one attached hydrogen (secondary N) is 1. The van der Waals surface area contributed by atoms with Gasteiger partial charge >= 0.3 is 0 Å². The molecule has 0 spiro atoms. The molecule has 0 aromatic carbocycles. The molecule has 20 heavy (non-hydrogen) atoms. The summed E-state index contributed by atoms with van der Waals surface area (Å²) in [5, 5.41) is 8.64. The molecule has 3 N–H and O–H groups in total. The zero-order valence-corrected chi connectivity index (χ0v) is 13.5. The Bertz CT molecular complexity index is 397. The molecule has 1 aliphatic heterocycles. The fourth-order valence-electron chi connectivity index (χ4n) is 3.77. The van der Waals surface area contributed by atoms with Crippen LogP contribution in [0.2, 0.25) is 0 Å². The summed E-state index contributed by atoms with van der Waals surface area (Å²) in [5.74, 6) is 1.53. The zero-order chi connectivity index (χ0) is 14.8. The van der Waals surface area contributed by atoms with Gasteiger partial charge in [0.15, 0.2) is 0 Å². The number of likely N-dealkylation sites (tertiary alicyclic amines) is 1. The summed E-state index contributed by atoms with van der Waals surface area (Å²) in [6.07, 6.45) is 4.55. The van der Waals surface area contributed by atoms with E-state index in [-0.39, 0.29) is 5.75 Å². The lowest BCUT2D eigenvalue weighted by molar-refractivity contribution is 0.0299. The van der Waals surface area contributed by atoms with Crippen molar-refractivity contribution in [1.29, 1.82) is 0 Å². The Morgan fingerprint density at radius 1 is 1.25 bits per heavy atom. The van der Waals surface area contributed by atoms with Crippen molar-refractivity contribution in [2.45, 2.75) is 51.6 Å². The fraction of sp³-hybridized carbons (Fsp3) is 1.00. The Kier molecular flexibility index (Phi) is 5.45. The molecule has 118 valence electrons. The van der Waals surface area contributed by atoms with Crippen LogP contribution in [0.5, 0.6) is 0 Å². The van der Waals surface area contributed by atoms with Gasteiger partial charge in [-0.05, 0) is 51.5 Å². The largest absolute Gasteiger partial charge is 0.313 e. The minimum absolute atomic E-state index is 0.0835. The third-order valence-electron chi connectivity index (χ3n) is 4.82. The maximum Gasteiger partial charge on any atom is 0.209 e. The van der Waals surface area contributed by atoms with Gasteiger partial charge in [0.1, 0.15) is 0 Å². The maximum atomic E-state index is 10.9. The van der Waals surface area contributed by atoms with E-state index in [0.29, 0.717) is 18.5 Å². The molecular formula is C14H29N3O2S. The molecule has 2 rings (SSSR count). The normalized spacial score (nSPS) is 31.7. The van der Waals surface area contributed by atoms with E-state index < -0.39 is 10.0 Å². The number of hydrogen-bond acceptors (Lipinski definition) is 4. The van der Waals surface area contributed by atoms with Crippen LogP contribution in [0.25, 0.3) is 0 Å². The summed E-state index contributed by atoms with van der Waals surface area (Å²) in [7, 11) is -3.31. The van der Waals surface area contributed by atoms with Gasteiger partial charge in [-0.2, -0.15) is 0 Å². The predicted octanol–water partition coefficient (Wildman–Crippen LogP) is 0.764. The third-order valence-corrected chi connectivity index (χ3v) is 5.68. The molecule has 1 heterocycles. The van der Waals surface area contributed by atoms with E-state index in [0.717, 1.165) is 18.4 Å². The van der Waals surface area contributed by atoms with Crippen LogP contribution < -0.4 is 10.5 Å². The van der Waals surface area contributed by atoms with Crippen molar-refractivity contribution in [2.24, 2.45) is 17.0 Å². The SMILES string of the molecule is CC(C)N1CC2CCCC(C1)C2NCCCS(N)(=O)=O. The fourth-order valence-corrected chi connectivity index (χ4v) is 4.32. The van der Waals surface area contributed by atoms with Gasteiger partial charge in [0.05, 0.1) is 5.75 Å². The Hall–Kier alpha value is -0.170. The number of primary sulfonamides is 1. The first-order chi connectivity index (χ1) is 9.37. The average molecular weight is 303 g/mol. The highest BCUT2D eigenvalue weighted by atomic mass is 32.2. The molecule has 0 aromatic rings. The van der Waals surface area contributed by atoms with E-state index in [1.807, 2.05) is 0 Å². The van der Waals surface area contributed by atoms with Crippen molar-refractivity contribution in [3.05, 3.63) is 0 Å². The van der Waals surface area contributed by atoms with Crippen molar-refractivity contribution in [3.8, 4) is 0 Å². The average Bonchev–Trinajstić information content (AvgIpc) is 2.32. The highest BCUT2D eigenvalue weighted by Gasteiger charge is 2.39. The number of hydrogen-bond donors (Lipinski definition) is 2. The number of sulfonamides is 1. The first-order valence-corrected chi connectivity index (χ1v) is 9.56. The number of fused-ring (bicyclic) bond motifs is 2. The molecular weight excluding hydrogens is 274 g/mol. The van der Waals surface area contributed by atoms with E-state index in [2.05, 4.69) is 24.1 Å². The second kappa shape index (κ2) is 6.73. The molecule has 2 atom stereocenters. The summed E-state index contributed by atoms with van der Waals surface area (Å²) in [6, 6.07) is 1.20. The van der Waals surface area contributed by atoms with Crippen LogP contribution in [-0.4, -0.2) is 50.8 Å². The molecule has 0 amide bonds. The maximum absolute atomic E-state index is 10.9. The molecule has 6 heteroatoms. The molecule has 0 radical (unpaired) electrons. The van der Waals surface area contributed by atoms with Gasteiger partial charge in [0.2, 0.25) is 10.0 Å². The van der Waals surface area contributed by atoms with Crippen LogP contribution >= 0.6 is 0 Å². The molecule has 1 aliphatic carbocycles. The predicted molar refractivity (Wildman–Crippen MR) is 81.9 cm³/mol. The van der Waals surface area contributed by atoms with Crippen molar-refractivity contribution >= 4 is 10.0 Å². The third kappa shape index (κ3) is 4.41. The Morgan fingerprint density at radius 2 is 1.85 bits per heavy atom. The van der Waals surface area contributed by atoms with Crippen molar-refractivity contribution in [2.75, 3.05) is 25.4 Å².